The summed E-state index contributed by atoms with van der Waals surface area (Å²) in [5.41, 5.74) is 4.77. The van der Waals surface area contributed by atoms with E-state index in [0.29, 0.717) is 20.8 Å². The van der Waals surface area contributed by atoms with Crippen LogP contribution in [0, 0.1) is 13.8 Å². The van der Waals surface area contributed by atoms with Crippen molar-refractivity contribution >= 4 is 46.6 Å². The highest BCUT2D eigenvalue weighted by molar-refractivity contribution is 7.99. The molecule has 0 atom stereocenters. The van der Waals surface area contributed by atoms with Crippen molar-refractivity contribution in [1.82, 2.24) is 10.2 Å². The second kappa shape index (κ2) is 8.74. The zero-order valence-corrected chi connectivity index (χ0v) is 17.1. The molecule has 0 aliphatic rings. The molecule has 4 nitrogen and oxygen atoms in total. The number of halogens is 2. The first kappa shape index (κ1) is 19.7. The van der Waals surface area contributed by atoms with Gasteiger partial charge in [0.15, 0.2) is 0 Å². The third-order valence-electron chi connectivity index (χ3n) is 4.02. The zero-order chi connectivity index (χ0) is 19.4. The molecule has 1 aromatic heterocycles. The molecule has 3 aromatic rings. The van der Waals surface area contributed by atoms with Gasteiger partial charge in [-0.2, -0.15) is 0 Å². The smallest absolute Gasteiger partial charge is 0.234 e. The zero-order valence-electron chi connectivity index (χ0n) is 14.8. The van der Waals surface area contributed by atoms with Crippen molar-refractivity contribution in [3.05, 3.63) is 69.7 Å². The number of amides is 1. The van der Waals surface area contributed by atoms with Crippen LogP contribution in [0.2, 0.25) is 10.0 Å². The van der Waals surface area contributed by atoms with Crippen LogP contribution < -0.4 is 5.32 Å². The number of nitrogens with one attached hydrogen (secondary N) is 1. The molecule has 0 radical (unpaired) electrons. The van der Waals surface area contributed by atoms with Crippen molar-refractivity contribution in [2.24, 2.45) is 0 Å². The molecular formula is C20H17Cl2N3OS. The van der Waals surface area contributed by atoms with Gasteiger partial charge in [-0.05, 0) is 55.3 Å². The summed E-state index contributed by atoms with van der Waals surface area (Å²) in [4.78, 5) is 12.1. The van der Waals surface area contributed by atoms with Gasteiger partial charge < -0.3 is 5.32 Å². The van der Waals surface area contributed by atoms with E-state index < -0.39 is 0 Å². The SMILES string of the molecule is Cc1ccc(-c2ccc(SCC(=O)Nc3cccc(Cl)c3Cl)nn2)cc1C. The van der Waals surface area contributed by atoms with Gasteiger partial charge in [0.2, 0.25) is 5.91 Å². The fourth-order valence-corrected chi connectivity index (χ4v) is 3.34. The molecule has 27 heavy (non-hydrogen) atoms. The van der Waals surface area contributed by atoms with Gasteiger partial charge in [-0.25, -0.2) is 0 Å². The number of anilines is 1. The number of nitrogens with zero attached hydrogens (tertiary/aromatic N) is 2. The van der Waals surface area contributed by atoms with Crippen LogP contribution in [0.15, 0.2) is 53.6 Å². The Bertz CT molecular complexity index is 977. The number of hydrogen-bond acceptors (Lipinski definition) is 4. The summed E-state index contributed by atoms with van der Waals surface area (Å²) >= 11 is 13.3. The van der Waals surface area contributed by atoms with Gasteiger partial charge >= 0.3 is 0 Å². The first-order valence-corrected chi connectivity index (χ1v) is 9.96. The Kier molecular flexibility index (Phi) is 6.37. The van der Waals surface area contributed by atoms with Gasteiger partial charge in [0, 0.05) is 5.56 Å². The lowest BCUT2D eigenvalue weighted by molar-refractivity contribution is -0.113. The number of aromatic nitrogens is 2. The minimum absolute atomic E-state index is 0.191. The summed E-state index contributed by atoms with van der Waals surface area (Å²) in [5.74, 6) is 0.00440. The normalized spacial score (nSPS) is 10.7. The average molecular weight is 418 g/mol. The number of carbonyl (C=O) groups is 1. The standard InChI is InChI=1S/C20H17Cl2N3OS/c1-12-6-7-14(10-13(12)2)16-8-9-19(25-24-16)27-11-18(26)23-17-5-3-4-15(21)20(17)22/h3-10H,11H2,1-2H3,(H,23,26). The van der Waals surface area contributed by atoms with Crippen LogP contribution in [-0.4, -0.2) is 21.9 Å². The monoisotopic (exact) mass is 417 g/mol. The van der Waals surface area contributed by atoms with Gasteiger partial charge in [0.25, 0.3) is 0 Å². The van der Waals surface area contributed by atoms with Crippen molar-refractivity contribution in [3.63, 3.8) is 0 Å². The number of rotatable bonds is 5. The van der Waals surface area contributed by atoms with Gasteiger partial charge in [-0.1, -0.05) is 53.2 Å². The number of aryl methyl sites for hydroxylation is 2. The minimum atomic E-state index is -0.191. The molecule has 7 heteroatoms. The fourth-order valence-electron chi connectivity index (χ4n) is 2.38. The summed E-state index contributed by atoms with van der Waals surface area (Å²) in [6, 6.07) is 15.1. The van der Waals surface area contributed by atoms with Crippen LogP contribution in [0.1, 0.15) is 11.1 Å². The lowest BCUT2D eigenvalue weighted by atomic mass is 10.0. The Morgan fingerprint density at radius 3 is 2.56 bits per heavy atom. The summed E-state index contributed by atoms with van der Waals surface area (Å²) < 4.78 is 0. The first-order valence-electron chi connectivity index (χ1n) is 8.22. The van der Waals surface area contributed by atoms with Crippen LogP contribution in [0.25, 0.3) is 11.3 Å². The predicted octanol–water partition coefficient (Wildman–Crippen LogP) is 5.80. The molecule has 1 amide bonds. The average Bonchev–Trinajstić information content (AvgIpc) is 2.66. The molecule has 0 unspecified atom stereocenters. The van der Waals surface area contributed by atoms with E-state index in [1.54, 1.807) is 18.2 Å². The molecule has 138 valence electrons. The van der Waals surface area contributed by atoms with Gasteiger partial charge in [-0.3, -0.25) is 4.79 Å². The van der Waals surface area contributed by atoms with Gasteiger partial charge in [-0.15, -0.1) is 10.2 Å². The van der Waals surface area contributed by atoms with Crippen LogP contribution >= 0.6 is 35.0 Å². The molecule has 1 heterocycles. The maximum Gasteiger partial charge on any atom is 0.234 e. The molecule has 3 rings (SSSR count). The van der Waals surface area contributed by atoms with Crippen molar-refractivity contribution in [2.75, 3.05) is 11.1 Å². The quantitative estimate of drug-likeness (QED) is 0.533. The van der Waals surface area contributed by atoms with Crippen LogP contribution in [0.5, 0.6) is 0 Å². The van der Waals surface area contributed by atoms with Crippen LogP contribution in [0.3, 0.4) is 0 Å². The van der Waals surface area contributed by atoms with E-state index in [2.05, 4.69) is 41.5 Å². The third-order valence-corrected chi connectivity index (χ3v) is 5.76. The lowest BCUT2D eigenvalue weighted by Gasteiger charge is -2.08. The summed E-state index contributed by atoms with van der Waals surface area (Å²) in [6.45, 7) is 4.15. The van der Waals surface area contributed by atoms with E-state index >= 15 is 0 Å². The van der Waals surface area contributed by atoms with Crippen molar-refractivity contribution in [3.8, 4) is 11.3 Å². The van der Waals surface area contributed by atoms with Crippen molar-refractivity contribution < 1.29 is 4.79 Å². The number of benzene rings is 2. The Balaban J connectivity index is 1.60. The largest absolute Gasteiger partial charge is 0.324 e. The maximum absolute atomic E-state index is 12.1. The van der Waals surface area contributed by atoms with E-state index in [4.69, 9.17) is 23.2 Å². The first-order chi connectivity index (χ1) is 12.9. The Morgan fingerprint density at radius 2 is 1.85 bits per heavy atom. The lowest BCUT2D eigenvalue weighted by Crippen LogP contribution is -2.14. The van der Waals surface area contributed by atoms with E-state index in [9.17, 15) is 4.79 Å². The van der Waals surface area contributed by atoms with Crippen molar-refractivity contribution in [2.45, 2.75) is 18.9 Å². The third kappa shape index (κ3) is 5.01. The molecule has 0 fully saturated rings. The molecule has 0 aliphatic heterocycles. The van der Waals surface area contributed by atoms with E-state index in [0.717, 1.165) is 11.3 Å². The second-order valence-corrected chi connectivity index (χ2v) is 7.77. The van der Waals surface area contributed by atoms with Crippen molar-refractivity contribution in [1.29, 1.82) is 0 Å². The molecule has 0 bridgehead atoms. The van der Waals surface area contributed by atoms with E-state index in [-0.39, 0.29) is 11.7 Å². The topological polar surface area (TPSA) is 54.9 Å². The highest BCUT2D eigenvalue weighted by Gasteiger charge is 2.10. The Labute approximate surface area is 172 Å². The second-order valence-electron chi connectivity index (χ2n) is 5.99. The maximum atomic E-state index is 12.1. The highest BCUT2D eigenvalue weighted by Crippen LogP contribution is 2.29. The Morgan fingerprint density at radius 1 is 1.04 bits per heavy atom. The molecule has 0 saturated carbocycles. The predicted molar refractivity (Wildman–Crippen MR) is 113 cm³/mol. The molecule has 0 saturated heterocycles. The van der Waals surface area contributed by atoms with E-state index in [1.165, 1.54) is 22.9 Å². The minimum Gasteiger partial charge on any atom is -0.324 e. The number of carbonyl (C=O) groups excluding carboxylic acids is 1. The molecule has 0 spiro atoms. The molecule has 2 aromatic carbocycles. The molecule has 1 N–H and O–H groups in total. The fraction of sp³-hybridized carbons (Fsp3) is 0.150. The Hall–Kier alpha value is -2.08. The highest BCUT2D eigenvalue weighted by atomic mass is 35.5. The van der Waals surface area contributed by atoms with E-state index in [1.807, 2.05) is 18.2 Å². The van der Waals surface area contributed by atoms with Crippen LogP contribution in [0.4, 0.5) is 5.69 Å². The van der Waals surface area contributed by atoms with Gasteiger partial charge in [0.1, 0.15) is 5.03 Å². The summed E-state index contributed by atoms with van der Waals surface area (Å²) in [6.07, 6.45) is 0. The summed E-state index contributed by atoms with van der Waals surface area (Å²) in [7, 11) is 0. The van der Waals surface area contributed by atoms with Crippen LogP contribution in [-0.2, 0) is 4.79 Å². The number of hydrogen-bond donors (Lipinski definition) is 1. The summed E-state index contributed by atoms with van der Waals surface area (Å²) in [5, 5.41) is 12.6. The number of thioether (sulfide) groups is 1. The molecular weight excluding hydrogens is 401 g/mol. The molecule has 0 aliphatic carbocycles. The van der Waals surface area contributed by atoms with Gasteiger partial charge in [0.05, 0.1) is 27.2 Å².